The molecule has 0 unspecified atom stereocenters. The summed E-state index contributed by atoms with van der Waals surface area (Å²) in [6.07, 6.45) is 0. The van der Waals surface area contributed by atoms with Crippen LogP contribution >= 0.6 is 11.8 Å². The normalized spacial score (nSPS) is 18.9. The topological polar surface area (TPSA) is 46.2 Å². The highest BCUT2D eigenvalue weighted by Crippen LogP contribution is 2.38. The van der Waals surface area contributed by atoms with E-state index in [2.05, 4.69) is 12.2 Å². The first-order valence-electron chi connectivity index (χ1n) is 6.63. The first-order valence-corrected chi connectivity index (χ1v) is 7.67. The summed E-state index contributed by atoms with van der Waals surface area (Å²) >= 11 is 1.70. The second kappa shape index (κ2) is 6.82. The van der Waals surface area contributed by atoms with Crippen LogP contribution < -0.4 is 10.1 Å². The van der Waals surface area contributed by atoms with Crippen LogP contribution in [0.1, 0.15) is 17.9 Å². The smallest absolute Gasteiger partial charge is 0.234 e. The minimum absolute atomic E-state index is 0.156. The Hall–Kier alpha value is -1.20. The van der Waals surface area contributed by atoms with Crippen LogP contribution in [0.2, 0.25) is 0 Å². The summed E-state index contributed by atoms with van der Waals surface area (Å²) in [5, 5.41) is 2.38. The number of quaternary nitrogens is 1. The molecule has 0 radical (unpaired) electrons. The highest BCUT2D eigenvalue weighted by molar-refractivity contribution is 8.00. The van der Waals surface area contributed by atoms with E-state index >= 15 is 0 Å². The molecule has 1 aromatic carbocycles. The predicted octanol–water partition coefficient (Wildman–Crippen LogP) is 0.853. The molecule has 1 saturated heterocycles. The molecule has 1 amide bonds. The van der Waals surface area contributed by atoms with Crippen molar-refractivity contribution in [3.05, 3.63) is 29.8 Å². The van der Waals surface area contributed by atoms with Crippen molar-refractivity contribution in [2.75, 3.05) is 32.5 Å². The number of nitrogens with two attached hydrogens (primary N) is 1. The van der Waals surface area contributed by atoms with Crippen LogP contribution in [0.5, 0.6) is 5.75 Å². The summed E-state index contributed by atoms with van der Waals surface area (Å²) in [6, 6.07) is 8.00. The Labute approximate surface area is 118 Å². The van der Waals surface area contributed by atoms with Crippen LogP contribution in [-0.4, -0.2) is 43.3 Å². The van der Waals surface area contributed by atoms with E-state index < -0.39 is 0 Å². The van der Waals surface area contributed by atoms with Crippen LogP contribution in [0, 0.1) is 0 Å². The Kier molecular flexibility index (Phi) is 5.10. The van der Waals surface area contributed by atoms with Gasteiger partial charge in [-0.1, -0.05) is 12.1 Å². The summed E-state index contributed by atoms with van der Waals surface area (Å²) in [6.45, 7) is 4.97. The fourth-order valence-corrected chi connectivity index (χ4v) is 3.39. The van der Waals surface area contributed by atoms with E-state index in [0.717, 1.165) is 25.4 Å². The molecule has 0 bridgehead atoms. The molecule has 4 nitrogen and oxygen atoms in total. The molecule has 0 aromatic heterocycles. The quantitative estimate of drug-likeness (QED) is 0.787. The minimum atomic E-state index is 0.156. The summed E-state index contributed by atoms with van der Waals surface area (Å²) in [5.41, 5.74) is 1.17. The molecule has 0 spiro atoms. The lowest BCUT2D eigenvalue weighted by atomic mass is 10.2. The molecule has 19 heavy (non-hydrogen) atoms. The molecule has 2 rings (SSSR count). The van der Waals surface area contributed by atoms with Gasteiger partial charge in [-0.3, -0.25) is 4.79 Å². The van der Waals surface area contributed by atoms with Crippen molar-refractivity contribution in [3.63, 3.8) is 0 Å². The van der Waals surface area contributed by atoms with Crippen molar-refractivity contribution < 1.29 is 14.8 Å². The van der Waals surface area contributed by atoms with Gasteiger partial charge in [-0.05, 0) is 24.6 Å². The highest BCUT2D eigenvalue weighted by Gasteiger charge is 2.32. The molecule has 1 atom stereocenters. The van der Waals surface area contributed by atoms with Crippen molar-refractivity contribution >= 4 is 17.7 Å². The monoisotopic (exact) mass is 281 g/mol. The minimum Gasteiger partial charge on any atom is -0.497 e. The number of thioether (sulfide) groups is 1. The zero-order valence-corrected chi connectivity index (χ0v) is 12.3. The highest BCUT2D eigenvalue weighted by atomic mass is 32.2. The second-order valence-corrected chi connectivity index (χ2v) is 5.58. The number of nitrogens with zero attached hydrogens (tertiary/aromatic N) is 1. The molecule has 0 saturated carbocycles. The molecule has 5 heteroatoms. The molecule has 1 fully saturated rings. The van der Waals surface area contributed by atoms with Gasteiger partial charge in [-0.25, -0.2) is 0 Å². The molecule has 1 aliphatic heterocycles. The van der Waals surface area contributed by atoms with Gasteiger partial charge < -0.3 is 15.0 Å². The largest absolute Gasteiger partial charge is 0.497 e. The summed E-state index contributed by atoms with van der Waals surface area (Å²) in [5.74, 6) is 1.68. The molecule has 0 aliphatic carbocycles. The van der Waals surface area contributed by atoms with Crippen LogP contribution in [0.3, 0.4) is 0 Å². The second-order valence-electron chi connectivity index (χ2n) is 4.51. The third kappa shape index (κ3) is 3.42. The van der Waals surface area contributed by atoms with E-state index in [-0.39, 0.29) is 11.3 Å². The van der Waals surface area contributed by atoms with Gasteiger partial charge in [-0.2, -0.15) is 0 Å². The zero-order chi connectivity index (χ0) is 13.7. The maximum absolute atomic E-state index is 11.9. The van der Waals surface area contributed by atoms with Gasteiger partial charge in [0.05, 0.1) is 32.5 Å². The van der Waals surface area contributed by atoms with Gasteiger partial charge in [0.2, 0.25) is 5.91 Å². The van der Waals surface area contributed by atoms with Crippen molar-refractivity contribution in [2.24, 2.45) is 0 Å². The number of hydrogen-bond acceptors (Lipinski definition) is 3. The number of likely N-dealkylation sites (N-methyl/N-ethyl adjacent to an activating group) is 1. The molecule has 1 aromatic rings. The number of ether oxygens (including phenoxy) is 1. The third-order valence-corrected chi connectivity index (χ3v) is 4.49. The van der Waals surface area contributed by atoms with Crippen LogP contribution in [0.25, 0.3) is 0 Å². The van der Waals surface area contributed by atoms with Crippen molar-refractivity contribution in [2.45, 2.75) is 12.3 Å². The number of rotatable bonds is 6. The molecular formula is C14H21N2O2S+. The van der Waals surface area contributed by atoms with E-state index in [1.807, 2.05) is 29.2 Å². The fraction of sp³-hybridized carbons (Fsp3) is 0.500. The number of carbonyl (C=O) groups is 1. The summed E-state index contributed by atoms with van der Waals surface area (Å²) in [4.78, 5) is 13.9. The first-order chi connectivity index (χ1) is 9.26. The molecule has 1 heterocycles. The van der Waals surface area contributed by atoms with Crippen molar-refractivity contribution in [1.29, 1.82) is 0 Å². The van der Waals surface area contributed by atoms with E-state index in [1.54, 1.807) is 18.9 Å². The van der Waals surface area contributed by atoms with E-state index in [0.29, 0.717) is 5.75 Å². The average molecular weight is 281 g/mol. The number of carbonyl (C=O) groups excluding carboxylic acids is 1. The van der Waals surface area contributed by atoms with Gasteiger partial charge in [0.15, 0.2) is 0 Å². The maximum atomic E-state index is 11.9. The molecule has 1 aliphatic rings. The number of benzene rings is 1. The van der Waals surface area contributed by atoms with Gasteiger partial charge in [0, 0.05) is 0 Å². The number of amides is 1. The third-order valence-electron chi connectivity index (χ3n) is 3.23. The van der Waals surface area contributed by atoms with Crippen LogP contribution in [-0.2, 0) is 4.79 Å². The summed E-state index contributed by atoms with van der Waals surface area (Å²) in [7, 11) is 1.66. The molecule has 2 N–H and O–H groups in total. The first kappa shape index (κ1) is 14.2. The Morgan fingerprint density at radius 3 is 2.79 bits per heavy atom. The Balaban J connectivity index is 2.05. The lowest BCUT2D eigenvalue weighted by Gasteiger charge is -2.23. The zero-order valence-electron chi connectivity index (χ0n) is 11.5. The standard InChI is InChI=1S/C14H20N2O2S/c1-3-15-8-9-16-13(17)10-19-14(16)11-4-6-12(18-2)7-5-11/h4-7,14-15H,3,8-10H2,1-2H3/p+1/t14-/m0/s1. The Morgan fingerprint density at radius 1 is 1.42 bits per heavy atom. The van der Waals surface area contributed by atoms with Gasteiger partial charge >= 0.3 is 0 Å². The van der Waals surface area contributed by atoms with Gasteiger partial charge in [-0.15, -0.1) is 11.8 Å². The Morgan fingerprint density at radius 2 is 2.16 bits per heavy atom. The number of hydrogen-bond donors (Lipinski definition) is 1. The van der Waals surface area contributed by atoms with Crippen molar-refractivity contribution in [3.8, 4) is 5.75 Å². The van der Waals surface area contributed by atoms with E-state index in [9.17, 15) is 4.79 Å². The maximum Gasteiger partial charge on any atom is 0.234 e. The van der Waals surface area contributed by atoms with Crippen molar-refractivity contribution in [1.82, 2.24) is 4.90 Å². The Bertz CT molecular complexity index is 422. The van der Waals surface area contributed by atoms with Crippen LogP contribution in [0.15, 0.2) is 24.3 Å². The summed E-state index contributed by atoms with van der Waals surface area (Å²) < 4.78 is 5.17. The van der Waals surface area contributed by atoms with E-state index in [4.69, 9.17) is 4.74 Å². The molecule has 104 valence electrons. The lowest BCUT2D eigenvalue weighted by molar-refractivity contribution is -0.651. The SMILES string of the molecule is CC[NH2+]CCN1C(=O)CS[C@H]1c1ccc(OC)cc1. The fourth-order valence-electron chi connectivity index (χ4n) is 2.18. The van der Waals surface area contributed by atoms with Gasteiger partial charge in [0.25, 0.3) is 0 Å². The number of methoxy groups -OCH3 is 1. The van der Waals surface area contributed by atoms with E-state index in [1.165, 1.54) is 5.56 Å². The van der Waals surface area contributed by atoms with Crippen LogP contribution in [0.4, 0.5) is 0 Å². The lowest BCUT2D eigenvalue weighted by Crippen LogP contribution is -2.85. The molecular weight excluding hydrogens is 260 g/mol. The average Bonchev–Trinajstić information content (AvgIpc) is 2.81. The predicted molar refractivity (Wildman–Crippen MR) is 77.2 cm³/mol. The van der Waals surface area contributed by atoms with Gasteiger partial charge in [0.1, 0.15) is 11.1 Å².